The van der Waals surface area contributed by atoms with E-state index >= 15 is 0 Å². The van der Waals surface area contributed by atoms with E-state index in [-0.39, 0.29) is 11.9 Å². The van der Waals surface area contributed by atoms with E-state index in [0.717, 1.165) is 31.6 Å². The lowest BCUT2D eigenvalue weighted by Gasteiger charge is -2.16. The number of nitrogens with one attached hydrogen (secondary N) is 1. The molecule has 0 aliphatic heterocycles. The van der Waals surface area contributed by atoms with Crippen LogP contribution in [0, 0.1) is 22.7 Å². The van der Waals surface area contributed by atoms with E-state index in [1.54, 1.807) is 0 Å². The zero-order chi connectivity index (χ0) is 12.2. The summed E-state index contributed by atoms with van der Waals surface area (Å²) in [5.74, 6) is 0.656. The fourth-order valence-electron chi connectivity index (χ4n) is 1.78. The first-order valence-corrected chi connectivity index (χ1v) is 6.22. The van der Waals surface area contributed by atoms with Crippen LogP contribution in [0.5, 0.6) is 0 Å². The van der Waals surface area contributed by atoms with Crippen LogP contribution in [0.3, 0.4) is 0 Å². The van der Waals surface area contributed by atoms with Gasteiger partial charge in [-0.15, -0.1) is 0 Å². The number of carbonyl (C=O) groups is 1. The van der Waals surface area contributed by atoms with Gasteiger partial charge in [-0.1, -0.05) is 26.7 Å². The minimum atomic E-state index is -0.674. The van der Waals surface area contributed by atoms with Crippen LogP contribution in [-0.4, -0.2) is 11.9 Å². The molecule has 3 nitrogen and oxygen atoms in total. The monoisotopic (exact) mass is 222 g/mol. The molecule has 0 aromatic rings. The lowest BCUT2D eigenvalue weighted by Crippen LogP contribution is -2.37. The lowest BCUT2D eigenvalue weighted by atomic mass is 10.0. The first-order chi connectivity index (χ1) is 7.50. The van der Waals surface area contributed by atoms with Gasteiger partial charge in [-0.3, -0.25) is 4.79 Å². The maximum absolute atomic E-state index is 11.7. The topological polar surface area (TPSA) is 52.9 Å². The highest BCUT2D eigenvalue weighted by Crippen LogP contribution is 2.45. The molecule has 0 saturated heterocycles. The summed E-state index contributed by atoms with van der Waals surface area (Å²) < 4.78 is 0. The molecule has 1 fully saturated rings. The maximum Gasteiger partial charge on any atom is 0.240 e. The molecule has 0 aromatic heterocycles. The molecule has 1 unspecified atom stereocenters. The molecule has 1 atom stereocenters. The van der Waals surface area contributed by atoms with Crippen LogP contribution in [-0.2, 0) is 4.79 Å². The second-order valence-electron chi connectivity index (χ2n) is 5.39. The Morgan fingerprint density at radius 1 is 1.38 bits per heavy atom. The van der Waals surface area contributed by atoms with Crippen LogP contribution in [0.2, 0.25) is 0 Å². The highest BCUT2D eigenvalue weighted by molar-refractivity contribution is 5.88. The summed E-state index contributed by atoms with van der Waals surface area (Å²) in [6.45, 7) is 6.43. The Balaban J connectivity index is 2.22. The minimum Gasteiger partial charge on any atom is -0.352 e. The molecule has 1 N–H and O–H groups in total. The van der Waals surface area contributed by atoms with Gasteiger partial charge in [-0.05, 0) is 32.1 Å². The number of rotatable bonds is 6. The third kappa shape index (κ3) is 3.52. The second kappa shape index (κ2) is 5.34. The van der Waals surface area contributed by atoms with Crippen molar-refractivity contribution in [1.82, 2.24) is 5.32 Å². The number of nitriles is 1. The van der Waals surface area contributed by atoms with Crippen molar-refractivity contribution in [3.05, 3.63) is 0 Å². The van der Waals surface area contributed by atoms with Gasteiger partial charge in [0.2, 0.25) is 5.91 Å². The predicted molar refractivity (Wildman–Crippen MR) is 63.6 cm³/mol. The molecule has 0 radical (unpaired) electrons. The molecule has 0 bridgehead atoms. The number of nitrogens with zero attached hydrogens (tertiary/aromatic N) is 1. The quantitative estimate of drug-likeness (QED) is 0.751. The van der Waals surface area contributed by atoms with Gasteiger partial charge in [-0.25, -0.2) is 0 Å². The molecule has 3 heteroatoms. The molecule has 1 aliphatic carbocycles. The SMILES string of the molecule is CC(C)CCCC(C)NC(=O)C1(C#N)CC1. The standard InChI is InChI=1S/C13H22N2O/c1-10(2)5-4-6-11(3)15-12(16)13(9-14)7-8-13/h10-11H,4-8H2,1-3H3,(H,15,16). The molecule has 1 saturated carbocycles. The van der Waals surface area contributed by atoms with Gasteiger partial charge < -0.3 is 5.32 Å². The summed E-state index contributed by atoms with van der Waals surface area (Å²) >= 11 is 0. The van der Waals surface area contributed by atoms with Crippen molar-refractivity contribution in [3.8, 4) is 6.07 Å². The summed E-state index contributed by atoms with van der Waals surface area (Å²) in [5.41, 5.74) is -0.674. The Bertz CT molecular complexity index is 287. The highest BCUT2D eigenvalue weighted by atomic mass is 16.2. The van der Waals surface area contributed by atoms with Crippen LogP contribution in [0.15, 0.2) is 0 Å². The Morgan fingerprint density at radius 2 is 2.00 bits per heavy atom. The summed E-state index contributed by atoms with van der Waals surface area (Å²) in [5, 5.41) is 11.8. The average Bonchev–Trinajstić information content (AvgIpc) is 2.97. The molecule has 0 spiro atoms. The van der Waals surface area contributed by atoms with E-state index in [1.165, 1.54) is 6.42 Å². The Morgan fingerprint density at radius 3 is 2.44 bits per heavy atom. The summed E-state index contributed by atoms with van der Waals surface area (Å²) in [4.78, 5) is 11.7. The Hall–Kier alpha value is -1.04. The number of hydrogen-bond acceptors (Lipinski definition) is 2. The van der Waals surface area contributed by atoms with Crippen molar-refractivity contribution >= 4 is 5.91 Å². The third-order valence-corrected chi connectivity index (χ3v) is 3.19. The maximum atomic E-state index is 11.7. The van der Waals surface area contributed by atoms with Gasteiger partial charge in [0.15, 0.2) is 0 Å². The first kappa shape index (κ1) is 13.0. The normalized spacial score (nSPS) is 18.9. The zero-order valence-corrected chi connectivity index (χ0v) is 10.5. The van der Waals surface area contributed by atoms with E-state index in [4.69, 9.17) is 5.26 Å². The number of amides is 1. The molecule has 1 rings (SSSR count). The molecule has 1 aliphatic rings. The molecule has 0 heterocycles. The van der Waals surface area contributed by atoms with Crippen molar-refractivity contribution in [2.24, 2.45) is 11.3 Å². The van der Waals surface area contributed by atoms with Gasteiger partial charge in [0, 0.05) is 6.04 Å². The zero-order valence-electron chi connectivity index (χ0n) is 10.5. The predicted octanol–water partition coefficient (Wildman–Crippen LogP) is 2.62. The molecular formula is C13H22N2O. The van der Waals surface area contributed by atoms with Crippen molar-refractivity contribution in [1.29, 1.82) is 5.26 Å². The third-order valence-electron chi connectivity index (χ3n) is 3.19. The lowest BCUT2D eigenvalue weighted by molar-refractivity contribution is -0.125. The Labute approximate surface area is 98.2 Å². The van der Waals surface area contributed by atoms with Crippen molar-refractivity contribution in [2.45, 2.75) is 58.9 Å². The van der Waals surface area contributed by atoms with Gasteiger partial charge >= 0.3 is 0 Å². The fraction of sp³-hybridized carbons (Fsp3) is 0.846. The largest absolute Gasteiger partial charge is 0.352 e. The highest BCUT2D eigenvalue weighted by Gasteiger charge is 2.50. The van der Waals surface area contributed by atoms with E-state index in [9.17, 15) is 4.79 Å². The Kier molecular flexibility index (Phi) is 4.35. The van der Waals surface area contributed by atoms with E-state index in [2.05, 4.69) is 25.2 Å². The number of hydrogen-bond donors (Lipinski definition) is 1. The van der Waals surface area contributed by atoms with Gasteiger partial charge in [0.05, 0.1) is 6.07 Å². The van der Waals surface area contributed by atoms with Crippen molar-refractivity contribution < 1.29 is 4.79 Å². The van der Waals surface area contributed by atoms with Gasteiger partial charge in [0.25, 0.3) is 0 Å². The van der Waals surface area contributed by atoms with Gasteiger partial charge in [-0.2, -0.15) is 5.26 Å². The van der Waals surface area contributed by atoms with Crippen LogP contribution in [0.1, 0.15) is 52.9 Å². The minimum absolute atomic E-state index is 0.0629. The molecular weight excluding hydrogens is 200 g/mol. The summed E-state index contributed by atoms with van der Waals surface area (Å²) in [6, 6.07) is 2.31. The summed E-state index contributed by atoms with van der Waals surface area (Å²) in [6.07, 6.45) is 4.80. The van der Waals surface area contributed by atoms with Crippen molar-refractivity contribution in [3.63, 3.8) is 0 Å². The van der Waals surface area contributed by atoms with E-state index in [1.807, 2.05) is 6.92 Å². The van der Waals surface area contributed by atoms with E-state index < -0.39 is 5.41 Å². The first-order valence-electron chi connectivity index (χ1n) is 6.22. The van der Waals surface area contributed by atoms with Crippen molar-refractivity contribution in [2.75, 3.05) is 0 Å². The summed E-state index contributed by atoms with van der Waals surface area (Å²) in [7, 11) is 0. The van der Waals surface area contributed by atoms with Crippen LogP contribution < -0.4 is 5.32 Å². The second-order valence-corrected chi connectivity index (χ2v) is 5.39. The fourth-order valence-corrected chi connectivity index (χ4v) is 1.78. The van der Waals surface area contributed by atoms with Gasteiger partial charge in [0.1, 0.15) is 5.41 Å². The molecule has 90 valence electrons. The molecule has 1 amide bonds. The molecule has 0 aromatic carbocycles. The van der Waals surface area contributed by atoms with Crippen LogP contribution in [0.25, 0.3) is 0 Å². The van der Waals surface area contributed by atoms with Crippen LogP contribution >= 0.6 is 0 Å². The smallest absolute Gasteiger partial charge is 0.240 e. The number of carbonyl (C=O) groups excluding carboxylic acids is 1. The molecule has 16 heavy (non-hydrogen) atoms. The van der Waals surface area contributed by atoms with Crippen LogP contribution in [0.4, 0.5) is 0 Å². The van der Waals surface area contributed by atoms with E-state index in [0.29, 0.717) is 0 Å². The average molecular weight is 222 g/mol.